The van der Waals surface area contributed by atoms with Crippen LogP contribution in [0, 0.1) is 0 Å². The van der Waals surface area contributed by atoms with Crippen molar-refractivity contribution in [1.29, 1.82) is 0 Å². The van der Waals surface area contributed by atoms with Crippen LogP contribution in [-0.2, 0) is 28.5 Å². The zero-order valence-electron chi connectivity index (χ0n) is 23.3. The van der Waals surface area contributed by atoms with Crippen LogP contribution in [0.1, 0.15) is 6.42 Å². The number of benzene rings is 1. The lowest BCUT2D eigenvalue weighted by Crippen LogP contribution is -2.29. The third kappa shape index (κ3) is 9.51. The first-order chi connectivity index (χ1) is 18.9. The van der Waals surface area contributed by atoms with Gasteiger partial charge < -0.3 is 40.2 Å². The molecule has 2 aliphatic carbocycles. The molecule has 1 aromatic rings. The van der Waals surface area contributed by atoms with Gasteiger partial charge in [-0.3, -0.25) is 9.59 Å². The average molecular weight is 539 g/mol. The second-order valence-electron chi connectivity index (χ2n) is 8.22. The van der Waals surface area contributed by atoms with E-state index < -0.39 is 6.10 Å². The monoisotopic (exact) mass is 538 g/mol. The van der Waals surface area contributed by atoms with Crippen LogP contribution in [0.3, 0.4) is 0 Å². The van der Waals surface area contributed by atoms with Gasteiger partial charge in [0.05, 0.1) is 28.0 Å². The molecule has 0 heterocycles. The van der Waals surface area contributed by atoms with Gasteiger partial charge in [0.15, 0.2) is 11.5 Å². The maximum atomic E-state index is 12.7. The Morgan fingerprint density at radius 3 is 2.38 bits per heavy atom. The smallest absolute Gasteiger partial charge is 0.252 e. The SMILES string of the molecule is CNC.COC1=CC=CCC(C(=O)Nc2cccc(NCNC(=O)C3=CC(OC)=C(OC)C(OC)C=C3)c2)=C1. The van der Waals surface area contributed by atoms with Crippen LogP contribution in [0.5, 0.6) is 0 Å². The minimum atomic E-state index is -0.468. The van der Waals surface area contributed by atoms with Crippen molar-refractivity contribution in [3.05, 3.63) is 95.2 Å². The van der Waals surface area contributed by atoms with Crippen molar-refractivity contribution >= 4 is 23.2 Å². The van der Waals surface area contributed by atoms with Gasteiger partial charge >= 0.3 is 0 Å². The molecule has 39 heavy (non-hydrogen) atoms. The molecule has 1 atom stereocenters. The molecule has 0 aromatic heterocycles. The van der Waals surface area contributed by atoms with E-state index in [9.17, 15) is 9.59 Å². The molecular weight excluding hydrogens is 500 g/mol. The normalized spacial score (nSPS) is 16.3. The number of ether oxygens (including phenoxy) is 4. The van der Waals surface area contributed by atoms with E-state index in [4.69, 9.17) is 18.9 Å². The summed E-state index contributed by atoms with van der Waals surface area (Å²) in [5.41, 5.74) is 2.32. The van der Waals surface area contributed by atoms with Gasteiger partial charge in [-0.2, -0.15) is 0 Å². The van der Waals surface area contributed by atoms with E-state index in [2.05, 4.69) is 21.3 Å². The van der Waals surface area contributed by atoms with E-state index in [0.717, 1.165) is 5.69 Å². The molecule has 0 fully saturated rings. The fourth-order valence-corrected chi connectivity index (χ4v) is 3.55. The van der Waals surface area contributed by atoms with Gasteiger partial charge in [0.1, 0.15) is 11.9 Å². The van der Waals surface area contributed by atoms with Crippen molar-refractivity contribution < 1.29 is 28.5 Å². The van der Waals surface area contributed by atoms with E-state index in [0.29, 0.717) is 40.5 Å². The number of methoxy groups -OCH3 is 4. The minimum absolute atomic E-state index is 0.163. The summed E-state index contributed by atoms with van der Waals surface area (Å²) in [6.07, 6.45) is 12.3. The number of anilines is 2. The van der Waals surface area contributed by atoms with Crippen molar-refractivity contribution in [2.45, 2.75) is 12.5 Å². The van der Waals surface area contributed by atoms with Crippen LogP contribution in [0.15, 0.2) is 95.2 Å². The maximum Gasteiger partial charge on any atom is 0.252 e. The van der Waals surface area contributed by atoms with Crippen molar-refractivity contribution in [3.8, 4) is 0 Å². The van der Waals surface area contributed by atoms with E-state index in [1.807, 2.05) is 38.4 Å². The highest BCUT2D eigenvalue weighted by Gasteiger charge is 2.21. The Labute approximate surface area is 230 Å². The molecule has 4 N–H and O–H groups in total. The molecule has 0 radical (unpaired) electrons. The standard InChI is InChI=1S/C27H31N3O6.C2H7N/c1-33-22-11-6-5-8-18(14-22)27(32)30-21-10-7-9-20(16-21)28-17-29-26(31)19-12-13-23(34-2)25(36-4)24(15-19)35-3;1-3-2/h5-7,9-16,23,28H,8,17H2,1-4H3,(H,29,31)(H,30,32);3H,1-2H3. The lowest BCUT2D eigenvalue weighted by molar-refractivity contribution is -0.117. The number of rotatable bonds is 10. The van der Waals surface area contributed by atoms with Gasteiger partial charge in [-0.05, 0) is 63.0 Å². The Hall–Kier alpha value is -4.28. The van der Waals surface area contributed by atoms with Gasteiger partial charge in [0.2, 0.25) is 0 Å². The highest BCUT2D eigenvalue weighted by molar-refractivity contribution is 6.04. The van der Waals surface area contributed by atoms with E-state index >= 15 is 0 Å². The number of carbonyl (C=O) groups excluding carboxylic acids is 2. The Balaban J connectivity index is 0.00000170. The summed E-state index contributed by atoms with van der Waals surface area (Å²) in [5.74, 6) is 0.974. The molecule has 10 heteroatoms. The van der Waals surface area contributed by atoms with Crippen molar-refractivity contribution in [2.24, 2.45) is 0 Å². The summed E-state index contributed by atoms with van der Waals surface area (Å²) >= 11 is 0. The molecule has 0 saturated carbocycles. The average Bonchev–Trinajstić information content (AvgIpc) is 3.30. The summed E-state index contributed by atoms with van der Waals surface area (Å²) < 4.78 is 21.4. The van der Waals surface area contributed by atoms with Gasteiger partial charge in [-0.25, -0.2) is 0 Å². The zero-order chi connectivity index (χ0) is 28.6. The number of amides is 2. The van der Waals surface area contributed by atoms with Crippen molar-refractivity contribution in [1.82, 2.24) is 10.6 Å². The third-order valence-corrected chi connectivity index (χ3v) is 5.43. The lowest BCUT2D eigenvalue weighted by Gasteiger charge is -2.15. The highest BCUT2D eigenvalue weighted by Crippen LogP contribution is 2.22. The zero-order valence-corrected chi connectivity index (χ0v) is 23.3. The van der Waals surface area contributed by atoms with Gasteiger partial charge in [0, 0.05) is 29.6 Å². The number of hydrogen-bond donors (Lipinski definition) is 4. The van der Waals surface area contributed by atoms with Crippen molar-refractivity contribution in [2.75, 3.05) is 59.8 Å². The summed E-state index contributed by atoms with van der Waals surface area (Å²) in [4.78, 5) is 25.5. The van der Waals surface area contributed by atoms with Gasteiger partial charge in [0.25, 0.3) is 11.8 Å². The van der Waals surface area contributed by atoms with E-state index in [-0.39, 0.29) is 18.5 Å². The predicted molar refractivity (Wildman–Crippen MR) is 153 cm³/mol. The van der Waals surface area contributed by atoms with Gasteiger partial charge in [-0.15, -0.1) is 0 Å². The van der Waals surface area contributed by atoms with Crippen molar-refractivity contribution in [3.63, 3.8) is 0 Å². The van der Waals surface area contributed by atoms with Crippen LogP contribution < -0.4 is 21.3 Å². The topological polar surface area (TPSA) is 119 Å². The fraction of sp³-hybridized carbons (Fsp3) is 0.310. The Morgan fingerprint density at radius 2 is 1.72 bits per heavy atom. The molecule has 3 rings (SSSR count). The number of allylic oxidation sites excluding steroid dienone is 5. The van der Waals surface area contributed by atoms with E-state index in [1.54, 1.807) is 56.7 Å². The lowest BCUT2D eigenvalue weighted by atomic mass is 10.1. The minimum Gasteiger partial charge on any atom is -0.497 e. The largest absolute Gasteiger partial charge is 0.497 e. The highest BCUT2D eigenvalue weighted by atomic mass is 16.5. The number of hydrogen-bond acceptors (Lipinski definition) is 8. The molecule has 0 saturated heterocycles. The molecule has 10 nitrogen and oxygen atoms in total. The Bertz CT molecular complexity index is 1180. The molecule has 0 spiro atoms. The van der Waals surface area contributed by atoms with Crippen LogP contribution in [0.25, 0.3) is 0 Å². The molecule has 0 bridgehead atoms. The molecule has 2 amide bonds. The Morgan fingerprint density at radius 1 is 0.974 bits per heavy atom. The quantitative estimate of drug-likeness (QED) is 0.335. The summed E-state index contributed by atoms with van der Waals surface area (Å²) in [6, 6.07) is 7.23. The number of carbonyl (C=O) groups is 2. The Kier molecular flexibility index (Phi) is 13.1. The third-order valence-electron chi connectivity index (χ3n) is 5.43. The first-order valence-corrected chi connectivity index (χ1v) is 12.3. The molecule has 0 aliphatic heterocycles. The van der Waals surface area contributed by atoms with Crippen LogP contribution in [0.4, 0.5) is 11.4 Å². The fourth-order valence-electron chi connectivity index (χ4n) is 3.55. The molecular formula is C29H38N4O6. The van der Waals surface area contributed by atoms with Crippen LogP contribution in [-0.4, -0.2) is 67.1 Å². The number of nitrogens with one attached hydrogen (secondary N) is 4. The van der Waals surface area contributed by atoms with Crippen LogP contribution in [0.2, 0.25) is 0 Å². The molecule has 1 aromatic carbocycles. The van der Waals surface area contributed by atoms with Crippen LogP contribution >= 0.6 is 0 Å². The second-order valence-corrected chi connectivity index (χ2v) is 8.22. The molecule has 210 valence electrons. The second kappa shape index (κ2) is 16.5. The first kappa shape index (κ1) is 30.9. The predicted octanol–water partition coefficient (Wildman–Crippen LogP) is 3.38. The summed E-state index contributed by atoms with van der Waals surface area (Å²) in [7, 11) is 9.88. The summed E-state index contributed by atoms with van der Waals surface area (Å²) in [6.45, 7) is 0.163. The molecule has 2 aliphatic rings. The van der Waals surface area contributed by atoms with E-state index in [1.165, 1.54) is 14.2 Å². The van der Waals surface area contributed by atoms with Gasteiger partial charge in [-0.1, -0.05) is 24.3 Å². The first-order valence-electron chi connectivity index (χ1n) is 12.3. The summed E-state index contributed by atoms with van der Waals surface area (Å²) in [5, 5.41) is 11.6. The molecule has 1 unspecified atom stereocenters. The maximum absolute atomic E-state index is 12.7.